The second-order valence-electron chi connectivity index (χ2n) is 3.70. The Morgan fingerprint density at radius 3 is 2.40 bits per heavy atom. The number of carbonyl (C=O) groups excluding carboxylic acids is 1. The number of carbonyl (C=O) groups is 1. The first-order valence-corrected chi connectivity index (χ1v) is 7.43. The molecule has 1 rings (SSSR count). The molecular weight excluding hydrogens is 331 g/mol. The standard InChI is InChI=1S/C10H12Cl2N2O5S/c1-19-10(16)8(15)4-14-20(17,18)9-6(11)2-5(13)3-7(9)12/h2-3,8,14-15H,4,13H2,1H3. The van der Waals surface area contributed by atoms with Crippen molar-refractivity contribution in [2.45, 2.75) is 11.0 Å². The number of nitrogens with one attached hydrogen (secondary N) is 1. The molecule has 0 aromatic heterocycles. The number of anilines is 1. The summed E-state index contributed by atoms with van der Waals surface area (Å²) in [6, 6.07) is 2.44. The van der Waals surface area contributed by atoms with E-state index in [0.29, 0.717) is 0 Å². The second-order valence-corrected chi connectivity index (χ2v) is 6.22. The van der Waals surface area contributed by atoms with E-state index in [1.54, 1.807) is 0 Å². The highest BCUT2D eigenvalue weighted by Crippen LogP contribution is 2.31. The minimum Gasteiger partial charge on any atom is -0.467 e. The van der Waals surface area contributed by atoms with Crippen LogP contribution < -0.4 is 10.5 Å². The molecule has 0 bridgehead atoms. The van der Waals surface area contributed by atoms with Crippen LogP contribution in [0.4, 0.5) is 5.69 Å². The van der Waals surface area contributed by atoms with Gasteiger partial charge in [0.15, 0.2) is 6.10 Å². The van der Waals surface area contributed by atoms with Gasteiger partial charge in [0.1, 0.15) is 4.90 Å². The van der Waals surface area contributed by atoms with Gasteiger partial charge in [0.2, 0.25) is 10.0 Å². The smallest absolute Gasteiger partial charge is 0.336 e. The van der Waals surface area contributed by atoms with Gasteiger partial charge >= 0.3 is 5.97 Å². The molecule has 1 aromatic carbocycles. The summed E-state index contributed by atoms with van der Waals surface area (Å²) < 4.78 is 30.3. The number of sulfonamides is 1. The molecule has 0 aliphatic rings. The molecule has 20 heavy (non-hydrogen) atoms. The predicted molar refractivity (Wildman–Crippen MR) is 74.1 cm³/mol. The molecule has 4 N–H and O–H groups in total. The number of esters is 1. The Balaban J connectivity index is 2.98. The summed E-state index contributed by atoms with van der Waals surface area (Å²) in [4.78, 5) is 10.6. The average molecular weight is 343 g/mol. The van der Waals surface area contributed by atoms with Crippen molar-refractivity contribution in [1.29, 1.82) is 0 Å². The third kappa shape index (κ3) is 3.97. The maximum absolute atomic E-state index is 12.0. The van der Waals surface area contributed by atoms with Gasteiger partial charge in [-0.05, 0) is 12.1 Å². The number of halogens is 2. The summed E-state index contributed by atoms with van der Waals surface area (Å²) >= 11 is 11.6. The van der Waals surface area contributed by atoms with Crippen LogP contribution in [0.1, 0.15) is 0 Å². The molecule has 7 nitrogen and oxygen atoms in total. The summed E-state index contributed by atoms with van der Waals surface area (Å²) in [5, 5.41) is 8.98. The molecule has 1 atom stereocenters. The maximum Gasteiger partial charge on any atom is 0.336 e. The van der Waals surface area contributed by atoms with Crippen LogP contribution in [-0.4, -0.2) is 39.3 Å². The lowest BCUT2D eigenvalue weighted by molar-refractivity contribution is -0.149. The highest BCUT2D eigenvalue weighted by Gasteiger charge is 2.25. The van der Waals surface area contributed by atoms with E-state index >= 15 is 0 Å². The normalized spacial score (nSPS) is 13.0. The molecule has 0 spiro atoms. The number of nitrogens with two attached hydrogens (primary N) is 1. The number of ether oxygens (including phenoxy) is 1. The van der Waals surface area contributed by atoms with E-state index in [0.717, 1.165) is 7.11 Å². The quantitative estimate of drug-likeness (QED) is 0.526. The van der Waals surface area contributed by atoms with Crippen LogP contribution >= 0.6 is 23.2 Å². The molecule has 0 aliphatic carbocycles. The number of aliphatic hydroxyl groups is 1. The number of hydrogen-bond donors (Lipinski definition) is 3. The van der Waals surface area contributed by atoms with Crippen molar-refractivity contribution in [1.82, 2.24) is 4.72 Å². The minimum absolute atomic E-state index is 0.171. The van der Waals surface area contributed by atoms with Gasteiger partial charge in [0.05, 0.1) is 17.2 Å². The van der Waals surface area contributed by atoms with Crippen molar-refractivity contribution in [3.8, 4) is 0 Å². The number of aliphatic hydroxyl groups excluding tert-OH is 1. The molecule has 1 unspecified atom stereocenters. The van der Waals surface area contributed by atoms with Crippen LogP contribution in [0.2, 0.25) is 10.0 Å². The zero-order valence-corrected chi connectivity index (χ0v) is 12.6. The van der Waals surface area contributed by atoms with Crippen molar-refractivity contribution in [3.63, 3.8) is 0 Å². The van der Waals surface area contributed by atoms with Crippen LogP contribution in [0.3, 0.4) is 0 Å². The summed E-state index contributed by atoms with van der Waals surface area (Å²) in [7, 11) is -3.05. The van der Waals surface area contributed by atoms with E-state index in [-0.39, 0.29) is 20.6 Å². The molecule has 10 heteroatoms. The number of nitrogen functional groups attached to an aromatic ring is 1. The molecule has 0 saturated carbocycles. The molecule has 0 saturated heterocycles. The molecule has 0 heterocycles. The van der Waals surface area contributed by atoms with Crippen molar-refractivity contribution < 1.29 is 23.1 Å². The lowest BCUT2D eigenvalue weighted by atomic mass is 10.3. The van der Waals surface area contributed by atoms with E-state index in [2.05, 4.69) is 4.74 Å². The minimum atomic E-state index is -4.11. The van der Waals surface area contributed by atoms with Gasteiger partial charge in [0.25, 0.3) is 0 Å². The van der Waals surface area contributed by atoms with Crippen LogP contribution in [0.5, 0.6) is 0 Å². The molecule has 0 radical (unpaired) electrons. The zero-order valence-electron chi connectivity index (χ0n) is 10.3. The van der Waals surface area contributed by atoms with E-state index in [1.807, 2.05) is 4.72 Å². The third-order valence-corrected chi connectivity index (χ3v) is 4.57. The van der Waals surface area contributed by atoms with Crippen LogP contribution in [-0.2, 0) is 19.6 Å². The maximum atomic E-state index is 12.0. The van der Waals surface area contributed by atoms with E-state index in [4.69, 9.17) is 28.9 Å². The first-order valence-electron chi connectivity index (χ1n) is 5.19. The average Bonchev–Trinajstić information content (AvgIpc) is 2.33. The van der Waals surface area contributed by atoms with Crippen LogP contribution in [0.15, 0.2) is 17.0 Å². The molecule has 0 fully saturated rings. The Kier molecular flexibility index (Phi) is 5.60. The summed E-state index contributed by atoms with van der Waals surface area (Å²) in [6.45, 7) is -0.577. The molecule has 0 aliphatic heterocycles. The number of methoxy groups -OCH3 is 1. The van der Waals surface area contributed by atoms with Crippen molar-refractivity contribution in [3.05, 3.63) is 22.2 Å². The monoisotopic (exact) mass is 342 g/mol. The van der Waals surface area contributed by atoms with Crippen LogP contribution in [0, 0.1) is 0 Å². The first-order chi connectivity index (χ1) is 9.19. The van der Waals surface area contributed by atoms with Gasteiger partial charge < -0.3 is 15.6 Å². The van der Waals surface area contributed by atoms with Gasteiger partial charge in [-0.3, -0.25) is 0 Å². The molecule has 0 amide bonds. The van der Waals surface area contributed by atoms with E-state index in [9.17, 15) is 18.3 Å². The Morgan fingerprint density at radius 1 is 1.45 bits per heavy atom. The third-order valence-electron chi connectivity index (χ3n) is 2.23. The zero-order chi connectivity index (χ0) is 15.5. The fourth-order valence-corrected chi connectivity index (χ4v) is 3.58. The van der Waals surface area contributed by atoms with E-state index < -0.39 is 28.6 Å². The van der Waals surface area contributed by atoms with Gasteiger partial charge in [-0.1, -0.05) is 23.2 Å². The molecular formula is C10H12Cl2N2O5S. The lowest BCUT2D eigenvalue weighted by Crippen LogP contribution is -2.37. The summed E-state index contributed by atoms with van der Waals surface area (Å²) in [6.07, 6.45) is -1.64. The van der Waals surface area contributed by atoms with Crippen molar-refractivity contribution in [2.24, 2.45) is 0 Å². The fourth-order valence-electron chi connectivity index (χ4n) is 1.32. The SMILES string of the molecule is COC(=O)C(O)CNS(=O)(=O)c1c(Cl)cc(N)cc1Cl. The number of rotatable bonds is 5. The summed E-state index contributed by atoms with van der Waals surface area (Å²) in [5.74, 6) is -0.970. The van der Waals surface area contributed by atoms with Gasteiger partial charge in [-0.25, -0.2) is 17.9 Å². The predicted octanol–water partition coefficient (Wildman–Crippen LogP) is 0.388. The second kappa shape index (κ2) is 6.59. The van der Waals surface area contributed by atoms with Gasteiger partial charge in [-0.15, -0.1) is 0 Å². The molecule has 112 valence electrons. The Morgan fingerprint density at radius 2 is 1.95 bits per heavy atom. The Labute approximate surface area is 125 Å². The fraction of sp³-hybridized carbons (Fsp3) is 0.300. The Hall–Kier alpha value is -1.06. The largest absolute Gasteiger partial charge is 0.467 e. The topological polar surface area (TPSA) is 119 Å². The van der Waals surface area contributed by atoms with Crippen molar-refractivity contribution in [2.75, 3.05) is 19.4 Å². The number of benzene rings is 1. The Bertz CT molecular complexity index is 597. The molecule has 1 aromatic rings. The summed E-state index contributed by atoms with van der Waals surface area (Å²) in [5.41, 5.74) is 5.67. The van der Waals surface area contributed by atoms with Crippen molar-refractivity contribution >= 4 is 44.9 Å². The number of hydrogen-bond acceptors (Lipinski definition) is 6. The van der Waals surface area contributed by atoms with Crippen LogP contribution in [0.25, 0.3) is 0 Å². The van der Waals surface area contributed by atoms with Gasteiger partial charge in [-0.2, -0.15) is 0 Å². The highest BCUT2D eigenvalue weighted by molar-refractivity contribution is 7.89. The van der Waals surface area contributed by atoms with Gasteiger partial charge in [0, 0.05) is 12.2 Å². The first kappa shape index (κ1) is 17.0. The lowest BCUT2D eigenvalue weighted by Gasteiger charge is -2.12. The highest BCUT2D eigenvalue weighted by atomic mass is 35.5. The van der Waals surface area contributed by atoms with E-state index in [1.165, 1.54) is 12.1 Å².